The Hall–Kier alpha value is -2.51. The van der Waals surface area contributed by atoms with Crippen molar-refractivity contribution in [3.63, 3.8) is 0 Å². The molecule has 2 aromatic rings. The molecule has 1 aliphatic rings. The van der Waals surface area contributed by atoms with Crippen molar-refractivity contribution >= 4 is 11.6 Å². The third kappa shape index (κ3) is 3.37. The summed E-state index contributed by atoms with van der Waals surface area (Å²) in [4.78, 5) is 15.7. The molecule has 0 unspecified atom stereocenters. The van der Waals surface area contributed by atoms with Crippen LogP contribution in [0.15, 0.2) is 34.9 Å². The lowest BCUT2D eigenvalue weighted by molar-refractivity contribution is -0.137. The van der Waals surface area contributed by atoms with E-state index in [1.54, 1.807) is 24.0 Å². The first-order valence-corrected chi connectivity index (χ1v) is 7.49. The van der Waals surface area contributed by atoms with Gasteiger partial charge in [-0.3, -0.25) is 4.79 Å². The van der Waals surface area contributed by atoms with Crippen molar-refractivity contribution in [2.75, 3.05) is 31.1 Å². The maximum Gasteiger partial charge on any atom is 0.416 e. The molecule has 1 amide bonds. The minimum atomic E-state index is -4.36. The van der Waals surface area contributed by atoms with Crippen LogP contribution in [0.5, 0.6) is 0 Å². The van der Waals surface area contributed by atoms with Crippen LogP contribution in [0.4, 0.5) is 18.9 Å². The van der Waals surface area contributed by atoms with Crippen molar-refractivity contribution in [2.45, 2.75) is 13.1 Å². The van der Waals surface area contributed by atoms with Crippen LogP contribution < -0.4 is 4.90 Å². The van der Waals surface area contributed by atoms with Crippen LogP contribution in [0.25, 0.3) is 0 Å². The number of benzene rings is 1. The van der Waals surface area contributed by atoms with Gasteiger partial charge in [0.05, 0.1) is 5.56 Å². The lowest BCUT2D eigenvalue weighted by Crippen LogP contribution is -2.48. The van der Waals surface area contributed by atoms with Crippen LogP contribution in [-0.2, 0) is 6.18 Å². The highest BCUT2D eigenvalue weighted by atomic mass is 19.4. The summed E-state index contributed by atoms with van der Waals surface area (Å²) >= 11 is 0. The van der Waals surface area contributed by atoms with Gasteiger partial charge in [-0.2, -0.15) is 13.2 Å². The molecule has 0 spiro atoms. The smallest absolute Gasteiger partial charge is 0.368 e. The molecule has 0 radical (unpaired) electrons. The van der Waals surface area contributed by atoms with Crippen LogP contribution >= 0.6 is 0 Å². The van der Waals surface area contributed by atoms with Crippen LogP contribution in [0.2, 0.25) is 0 Å². The Labute approximate surface area is 136 Å². The number of nitrogens with zero attached hydrogens (tertiary/aromatic N) is 3. The van der Waals surface area contributed by atoms with Gasteiger partial charge in [0.2, 0.25) is 0 Å². The molecular weight excluding hydrogens is 323 g/mol. The number of hydrogen-bond donors (Lipinski definition) is 0. The van der Waals surface area contributed by atoms with Gasteiger partial charge < -0.3 is 14.3 Å². The normalized spacial score (nSPS) is 15.7. The Balaban J connectivity index is 1.66. The van der Waals surface area contributed by atoms with Crippen molar-refractivity contribution in [1.29, 1.82) is 0 Å². The van der Waals surface area contributed by atoms with Gasteiger partial charge in [-0.05, 0) is 25.1 Å². The predicted molar refractivity (Wildman–Crippen MR) is 80.8 cm³/mol. The van der Waals surface area contributed by atoms with Gasteiger partial charge in [0.15, 0.2) is 5.69 Å². The van der Waals surface area contributed by atoms with Gasteiger partial charge in [0.1, 0.15) is 5.76 Å². The lowest BCUT2D eigenvalue weighted by atomic mass is 10.1. The molecule has 0 bridgehead atoms. The number of halogens is 3. The van der Waals surface area contributed by atoms with Gasteiger partial charge in [0, 0.05) is 37.9 Å². The second-order valence-corrected chi connectivity index (χ2v) is 5.65. The average molecular weight is 339 g/mol. The Morgan fingerprint density at radius 2 is 1.88 bits per heavy atom. The maximum atomic E-state index is 12.8. The van der Waals surface area contributed by atoms with Gasteiger partial charge in [0.25, 0.3) is 5.91 Å². The number of anilines is 1. The van der Waals surface area contributed by atoms with E-state index in [-0.39, 0.29) is 11.6 Å². The van der Waals surface area contributed by atoms with E-state index in [9.17, 15) is 18.0 Å². The number of rotatable bonds is 2. The second kappa shape index (κ2) is 6.18. The van der Waals surface area contributed by atoms with Crippen LogP contribution in [-0.4, -0.2) is 42.1 Å². The van der Waals surface area contributed by atoms with E-state index in [0.717, 1.165) is 12.1 Å². The highest BCUT2D eigenvalue weighted by Gasteiger charge is 2.31. The topological polar surface area (TPSA) is 49.6 Å². The summed E-state index contributed by atoms with van der Waals surface area (Å²) in [7, 11) is 0. The molecule has 24 heavy (non-hydrogen) atoms. The molecular formula is C16H16F3N3O2. The lowest BCUT2D eigenvalue weighted by Gasteiger charge is -2.36. The predicted octanol–water partition coefficient (Wildman–Crippen LogP) is 2.96. The standard InChI is InChI=1S/C16H16F3N3O2/c1-11-9-14(20-24-11)15(23)22-7-5-21(6-8-22)13-4-2-3-12(10-13)16(17,18)19/h2-4,9-10H,5-8H2,1H3. The zero-order valence-electron chi connectivity index (χ0n) is 13.0. The molecule has 3 rings (SSSR count). The van der Waals surface area contributed by atoms with E-state index in [1.165, 1.54) is 6.07 Å². The summed E-state index contributed by atoms with van der Waals surface area (Å²) in [6.45, 7) is 3.46. The number of aryl methyl sites for hydroxylation is 1. The third-order valence-electron chi connectivity index (χ3n) is 3.95. The van der Waals surface area contributed by atoms with Crippen molar-refractivity contribution in [3.8, 4) is 0 Å². The Morgan fingerprint density at radius 3 is 2.46 bits per heavy atom. The quantitative estimate of drug-likeness (QED) is 0.844. The minimum absolute atomic E-state index is 0.226. The van der Waals surface area contributed by atoms with E-state index >= 15 is 0 Å². The fourth-order valence-corrected chi connectivity index (χ4v) is 2.68. The largest absolute Gasteiger partial charge is 0.416 e. The van der Waals surface area contributed by atoms with Crippen molar-refractivity contribution < 1.29 is 22.5 Å². The number of hydrogen-bond acceptors (Lipinski definition) is 4. The summed E-state index contributed by atoms with van der Waals surface area (Å²) < 4.78 is 43.3. The number of carbonyl (C=O) groups is 1. The van der Waals surface area contributed by atoms with E-state index in [4.69, 9.17) is 4.52 Å². The molecule has 0 saturated carbocycles. The maximum absolute atomic E-state index is 12.8. The van der Waals surface area contributed by atoms with Crippen molar-refractivity contribution in [1.82, 2.24) is 10.1 Å². The number of amides is 1. The monoisotopic (exact) mass is 339 g/mol. The fourth-order valence-electron chi connectivity index (χ4n) is 2.68. The molecule has 1 aromatic carbocycles. The number of carbonyl (C=O) groups excluding carboxylic acids is 1. The van der Waals surface area contributed by atoms with Crippen LogP contribution in [0.3, 0.4) is 0 Å². The average Bonchev–Trinajstić information content (AvgIpc) is 3.00. The molecule has 2 heterocycles. The summed E-state index contributed by atoms with van der Waals surface area (Å²) in [5.74, 6) is 0.330. The SMILES string of the molecule is Cc1cc(C(=O)N2CCN(c3cccc(C(F)(F)F)c3)CC2)no1. The van der Waals surface area contributed by atoms with E-state index < -0.39 is 11.7 Å². The molecule has 0 N–H and O–H groups in total. The van der Waals surface area contributed by atoms with E-state index in [1.807, 2.05) is 4.90 Å². The van der Waals surface area contributed by atoms with Crippen LogP contribution in [0.1, 0.15) is 21.8 Å². The highest BCUT2D eigenvalue weighted by molar-refractivity contribution is 5.92. The molecule has 8 heteroatoms. The molecule has 5 nitrogen and oxygen atoms in total. The molecule has 1 aromatic heterocycles. The van der Waals surface area contributed by atoms with Crippen molar-refractivity contribution in [2.24, 2.45) is 0 Å². The third-order valence-corrected chi connectivity index (χ3v) is 3.95. The molecule has 0 atom stereocenters. The first kappa shape index (κ1) is 16.4. The molecule has 1 saturated heterocycles. The first-order chi connectivity index (χ1) is 11.3. The summed E-state index contributed by atoms with van der Waals surface area (Å²) in [6, 6.07) is 6.80. The van der Waals surface area contributed by atoms with E-state index in [2.05, 4.69) is 5.16 Å². The fraction of sp³-hybridized carbons (Fsp3) is 0.375. The Kier molecular flexibility index (Phi) is 4.21. The Bertz CT molecular complexity index is 734. The number of alkyl halides is 3. The van der Waals surface area contributed by atoms with Gasteiger partial charge in [-0.15, -0.1) is 0 Å². The van der Waals surface area contributed by atoms with Crippen molar-refractivity contribution in [3.05, 3.63) is 47.3 Å². The molecule has 1 fully saturated rings. The van der Waals surface area contributed by atoms with Crippen LogP contribution in [0, 0.1) is 6.92 Å². The summed E-state index contributed by atoms with van der Waals surface area (Å²) in [6.07, 6.45) is -4.36. The Morgan fingerprint density at radius 1 is 1.17 bits per heavy atom. The molecule has 0 aliphatic carbocycles. The number of aromatic nitrogens is 1. The number of piperazine rings is 1. The summed E-state index contributed by atoms with van der Waals surface area (Å²) in [5.41, 5.74) is 0.0887. The first-order valence-electron chi connectivity index (χ1n) is 7.49. The van der Waals surface area contributed by atoms with Gasteiger partial charge >= 0.3 is 6.18 Å². The molecule has 128 valence electrons. The van der Waals surface area contributed by atoms with Gasteiger partial charge in [-0.25, -0.2) is 0 Å². The highest BCUT2D eigenvalue weighted by Crippen LogP contribution is 2.31. The zero-order valence-corrected chi connectivity index (χ0v) is 13.0. The van der Waals surface area contributed by atoms with E-state index in [0.29, 0.717) is 37.6 Å². The summed E-state index contributed by atoms with van der Waals surface area (Å²) in [5, 5.41) is 3.70. The van der Waals surface area contributed by atoms with Gasteiger partial charge in [-0.1, -0.05) is 11.2 Å². The zero-order chi connectivity index (χ0) is 17.3. The molecule has 1 aliphatic heterocycles. The second-order valence-electron chi connectivity index (χ2n) is 5.65. The minimum Gasteiger partial charge on any atom is -0.368 e.